The van der Waals surface area contributed by atoms with Gasteiger partial charge in [0.15, 0.2) is 11.6 Å². The summed E-state index contributed by atoms with van der Waals surface area (Å²) in [6, 6.07) is 14.8. The Morgan fingerprint density at radius 1 is 1.21 bits per heavy atom. The molecule has 8 heteroatoms. The van der Waals surface area contributed by atoms with Gasteiger partial charge in [-0.1, -0.05) is 43.5 Å². The first-order valence-electron chi connectivity index (χ1n) is 12.1. The monoisotopic (exact) mass is 591 g/mol. The molecule has 0 aliphatic heterocycles. The van der Waals surface area contributed by atoms with E-state index < -0.39 is 0 Å². The Morgan fingerprint density at radius 2 is 1.97 bits per heavy atom. The average molecular weight is 593 g/mol. The highest BCUT2D eigenvalue weighted by Gasteiger charge is 2.18. The van der Waals surface area contributed by atoms with E-state index in [4.69, 9.17) is 32.5 Å². The van der Waals surface area contributed by atoms with Crippen molar-refractivity contribution in [1.82, 2.24) is 9.66 Å². The summed E-state index contributed by atoms with van der Waals surface area (Å²) >= 11 is 9.89. The summed E-state index contributed by atoms with van der Waals surface area (Å²) in [6.45, 7) is 8.80. The van der Waals surface area contributed by atoms with Crippen molar-refractivity contribution in [3.63, 3.8) is 0 Å². The fourth-order valence-electron chi connectivity index (χ4n) is 4.11. The third-order valence-electron chi connectivity index (χ3n) is 5.92. The smallest absolute Gasteiger partial charge is 0.282 e. The molecule has 0 aliphatic rings. The summed E-state index contributed by atoms with van der Waals surface area (Å²) in [5.74, 6) is 4.33. The van der Waals surface area contributed by atoms with Crippen LogP contribution in [0.1, 0.15) is 43.4 Å². The van der Waals surface area contributed by atoms with Crippen molar-refractivity contribution >= 4 is 44.6 Å². The summed E-state index contributed by atoms with van der Waals surface area (Å²) < 4.78 is 13.4. The summed E-state index contributed by atoms with van der Waals surface area (Å²) in [4.78, 5) is 18.5. The van der Waals surface area contributed by atoms with Gasteiger partial charge in [0, 0.05) is 5.56 Å². The van der Waals surface area contributed by atoms with Gasteiger partial charge in [-0.3, -0.25) is 4.79 Å². The molecule has 0 unspecified atom stereocenters. The van der Waals surface area contributed by atoms with Crippen LogP contribution in [0.4, 0.5) is 0 Å². The lowest BCUT2D eigenvalue weighted by Gasteiger charge is -2.18. The minimum absolute atomic E-state index is 0.0903. The van der Waals surface area contributed by atoms with E-state index in [1.807, 2.05) is 44.2 Å². The van der Waals surface area contributed by atoms with Gasteiger partial charge in [-0.25, -0.2) is 4.98 Å². The molecular weight excluding hydrogens is 566 g/mol. The van der Waals surface area contributed by atoms with Crippen molar-refractivity contribution < 1.29 is 9.47 Å². The largest absolute Gasteiger partial charge is 0.494 e. The van der Waals surface area contributed by atoms with Crippen LogP contribution in [0.2, 0.25) is 5.02 Å². The predicted octanol–water partition coefficient (Wildman–Crippen LogP) is 7.20. The molecule has 0 fully saturated rings. The fourth-order valence-corrected chi connectivity index (χ4v) is 5.09. The fraction of sp³-hybridized carbons (Fsp3) is 0.233. The molecule has 4 aromatic rings. The number of halogens is 2. The number of hydrogen-bond donors (Lipinski definition) is 0. The highest BCUT2D eigenvalue weighted by molar-refractivity contribution is 9.10. The van der Waals surface area contributed by atoms with E-state index in [9.17, 15) is 4.79 Å². The standard InChI is InChI=1S/C30H27BrClN3O3/c1-6-12-38-28-24(31)14-20(15-25(28)32)17-33-35-29(34-26-11-9-8-10-21(26)30(35)36)23-16-22(18(3)4)27(37-7-2)13-19(23)5/h1,8-11,13-18H,7,12H2,2-5H3. The van der Waals surface area contributed by atoms with Crippen LogP contribution in [-0.4, -0.2) is 29.1 Å². The molecule has 194 valence electrons. The number of fused-ring (bicyclic) bond motifs is 1. The van der Waals surface area contributed by atoms with Gasteiger partial charge in [-0.2, -0.15) is 9.78 Å². The number of benzene rings is 3. The lowest BCUT2D eigenvalue weighted by molar-refractivity contribution is 0.335. The first-order valence-corrected chi connectivity index (χ1v) is 13.3. The van der Waals surface area contributed by atoms with Gasteiger partial charge >= 0.3 is 0 Å². The van der Waals surface area contributed by atoms with E-state index in [1.165, 1.54) is 4.68 Å². The molecule has 38 heavy (non-hydrogen) atoms. The number of hydrogen-bond acceptors (Lipinski definition) is 5. The first kappa shape index (κ1) is 27.4. The second-order valence-corrected chi connectivity index (χ2v) is 10.2. The Hall–Kier alpha value is -3.60. The maximum Gasteiger partial charge on any atom is 0.282 e. The van der Waals surface area contributed by atoms with Gasteiger partial charge in [-0.15, -0.1) is 6.42 Å². The number of para-hydroxylation sites is 1. The normalized spacial score (nSPS) is 11.3. The lowest BCUT2D eigenvalue weighted by Crippen LogP contribution is -2.21. The maximum atomic E-state index is 13.7. The second-order valence-electron chi connectivity index (χ2n) is 8.91. The van der Waals surface area contributed by atoms with E-state index in [1.54, 1.807) is 24.4 Å². The van der Waals surface area contributed by atoms with E-state index in [2.05, 4.69) is 40.8 Å². The average Bonchev–Trinajstić information content (AvgIpc) is 2.88. The van der Waals surface area contributed by atoms with Crippen molar-refractivity contribution in [3.05, 3.63) is 85.1 Å². The van der Waals surface area contributed by atoms with Gasteiger partial charge in [-0.05, 0) is 88.8 Å². The van der Waals surface area contributed by atoms with Gasteiger partial charge in [0.2, 0.25) is 0 Å². The zero-order valence-electron chi connectivity index (χ0n) is 21.6. The van der Waals surface area contributed by atoms with Crippen LogP contribution in [-0.2, 0) is 0 Å². The van der Waals surface area contributed by atoms with Gasteiger partial charge in [0.25, 0.3) is 5.56 Å². The topological polar surface area (TPSA) is 65.7 Å². The van der Waals surface area contributed by atoms with E-state index in [-0.39, 0.29) is 18.1 Å². The Labute approximate surface area is 235 Å². The molecule has 0 aliphatic carbocycles. The van der Waals surface area contributed by atoms with Crippen LogP contribution >= 0.6 is 27.5 Å². The van der Waals surface area contributed by atoms with Crippen molar-refractivity contribution in [2.24, 2.45) is 5.10 Å². The molecule has 0 radical (unpaired) electrons. The van der Waals surface area contributed by atoms with Gasteiger partial charge in [0.1, 0.15) is 12.4 Å². The lowest BCUT2D eigenvalue weighted by atomic mass is 9.96. The van der Waals surface area contributed by atoms with Gasteiger partial charge < -0.3 is 9.47 Å². The molecule has 0 bridgehead atoms. The SMILES string of the molecule is C#CCOc1c(Cl)cc(C=Nn2c(-c3cc(C(C)C)c(OCC)cc3C)nc3ccccc3c2=O)cc1Br. The van der Waals surface area contributed by atoms with Crippen molar-refractivity contribution in [3.8, 4) is 35.2 Å². The number of aromatic nitrogens is 2. The minimum atomic E-state index is -0.277. The highest BCUT2D eigenvalue weighted by atomic mass is 79.9. The Bertz CT molecular complexity index is 1610. The predicted molar refractivity (Wildman–Crippen MR) is 158 cm³/mol. The molecule has 0 amide bonds. The number of nitrogens with zero attached hydrogens (tertiary/aromatic N) is 3. The molecular formula is C30H27BrClN3O3. The molecule has 0 saturated heterocycles. The summed E-state index contributed by atoms with van der Waals surface area (Å²) in [5.41, 5.74) is 3.73. The quantitative estimate of drug-likeness (QED) is 0.160. The molecule has 6 nitrogen and oxygen atoms in total. The third kappa shape index (κ3) is 5.62. The van der Waals surface area contributed by atoms with Crippen molar-refractivity contribution in [2.45, 2.75) is 33.6 Å². The molecule has 3 aromatic carbocycles. The second kappa shape index (κ2) is 11.8. The maximum absolute atomic E-state index is 13.7. The zero-order chi connectivity index (χ0) is 27.4. The Balaban J connectivity index is 1.91. The molecule has 0 atom stereocenters. The summed E-state index contributed by atoms with van der Waals surface area (Å²) in [6.07, 6.45) is 6.86. The molecule has 1 aromatic heterocycles. The molecule has 0 saturated carbocycles. The van der Waals surface area contributed by atoms with Crippen LogP contribution in [0.15, 0.2) is 62.9 Å². The Kier molecular flexibility index (Phi) is 8.55. The third-order valence-corrected chi connectivity index (χ3v) is 6.79. The number of aryl methyl sites for hydroxylation is 1. The minimum Gasteiger partial charge on any atom is -0.494 e. The molecule has 4 rings (SSSR count). The summed E-state index contributed by atoms with van der Waals surface area (Å²) in [7, 11) is 0. The van der Waals surface area contributed by atoms with Gasteiger partial charge in [0.05, 0.1) is 33.2 Å². The van der Waals surface area contributed by atoms with Crippen LogP contribution in [0.3, 0.4) is 0 Å². The van der Waals surface area contributed by atoms with Crippen LogP contribution in [0, 0.1) is 19.3 Å². The number of rotatable bonds is 8. The molecule has 0 spiro atoms. The molecule has 0 N–H and O–H groups in total. The number of ether oxygens (including phenoxy) is 2. The van der Waals surface area contributed by atoms with E-state index in [0.717, 1.165) is 22.4 Å². The highest BCUT2D eigenvalue weighted by Crippen LogP contribution is 2.35. The van der Waals surface area contributed by atoms with E-state index >= 15 is 0 Å². The Morgan fingerprint density at radius 3 is 2.66 bits per heavy atom. The van der Waals surface area contributed by atoms with Crippen LogP contribution in [0.5, 0.6) is 11.5 Å². The zero-order valence-corrected chi connectivity index (χ0v) is 23.9. The van der Waals surface area contributed by atoms with Crippen LogP contribution < -0.4 is 15.0 Å². The van der Waals surface area contributed by atoms with Crippen LogP contribution in [0.25, 0.3) is 22.3 Å². The first-order chi connectivity index (χ1) is 18.2. The summed E-state index contributed by atoms with van der Waals surface area (Å²) in [5, 5.41) is 5.42. The van der Waals surface area contributed by atoms with Crippen molar-refractivity contribution in [2.75, 3.05) is 13.2 Å². The van der Waals surface area contributed by atoms with Crippen molar-refractivity contribution in [1.29, 1.82) is 0 Å². The number of terminal acetylenes is 1. The van der Waals surface area contributed by atoms with E-state index in [0.29, 0.717) is 44.1 Å². The molecule has 1 heterocycles.